The van der Waals surface area contributed by atoms with E-state index in [-0.39, 0.29) is 12.6 Å². The van der Waals surface area contributed by atoms with E-state index in [2.05, 4.69) is 16.0 Å². The lowest BCUT2D eigenvalue weighted by atomic mass is 9.95. The summed E-state index contributed by atoms with van der Waals surface area (Å²) < 4.78 is 10.6. The fraction of sp³-hybridized carbons (Fsp3) is 0.273. The molecule has 0 bridgehead atoms. The van der Waals surface area contributed by atoms with E-state index in [0.29, 0.717) is 24.4 Å². The first-order valence-corrected chi connectivity index (χ1v) is 9.49. The molecule has 1 atom stereocenters. The molecular weight excluding hydrogens is 370 g/mol. The number of amides is 2. The van der Waals surface area contributed by atoms with E-state index in [1.807, 2.05) is 54.6 Å². The third-order valence-electron chi connectivity index (χ3n) is 4.59. The molecule has 0 aliphatic carbocycles. The maximum Gasteiger partial charge on any atom is 0.338 e. The molecule has 2 aromatic rings. The van der Waals surface area contributed by atoms with Crippen LogP contribution in [0.4, 0.5) is 4.79 Å². The fourth-order valence-corrected chi connectivity index (χ4v) is 3.27. The first kappa shape index (κ1) is 20.4. The van der Waals surface area contributed by atoms with Gasteiger partial charge >= 0.3 is 12.0 Å². The van der Waals surface area contributed by atoms with E-state index in [1.165, 1.54) is 0 Å². The minimum atomic E-state index is -0.577. The van der Waals surface area contributed by atoms with Gasteiger partial charge in [-0.05, 0) is 18.6 Å². The zero-order chi connectivity index (χ0) is 20.6. The number of carbonyl (C=O) groups is 2. The van der Waals surface area contributed by atoms with E-state index in [4.69, 9.17) is 9.47 Å². The molecule has 1 heterocycles. The molecule has 1 aliphatic rings. The lowest BCUT2D eigenvalue weighted by Crippen LogP contribution is -2.48. The molecule has 3 N–H and O–H groups in total. The summed E-state index contributed by atoms with van der Waals surface area (Å²) in [5.41, 5.74) is 2.68. The van der Waals surface area contributed by atoms with E-state index in [1.54, 1.807) is 14.0 Å². The molecule has 0 radical (unpaired) electrons. The van der Waals surface area contributed by atoms with Gasteiger partial charge in [0.25, 0.3) is 0 Å². The van der Waals surface area contributed by atoms with E-state index >= 15 is 0 Å². The molecule has 0 aromatic heterocycles. The van der Waals surface area contributed by atoms with Crippen molar-refractivity contribution >= 4 is 12.0 Å². The number of benzene rings is 2. The zero-order valence-corrected chi connectivity index (χ0v) is 16.5. The molecule has 7 nitrogen and oxygen atoms in total. The second kappa shape index (κ2) is 9.75. The molecule has 0 spiro atoms. The Labute approximate surface area is 170 Å². The third-order valence-corrected chi connectivity index (χ3v) is 4.59. The summed E-state index contributed by atoms with van der Waals surface area (Å²) in [6.07, 6.45) is 0. The van der Waals surface area contributed by atoms with Crippen molar-refractivity contribution in [2.24, 2.45) is 0 Å². The molecular formula is C22H25N3O4. The normalized spacial score (nSPS) is 16.1. The summed E-state index contributed by atoms with van der Waals surface area (Å²) in [6, 6.07) is 16.1. The van der Waals surface area contributed by atoms with Gasteiger partial charge in [0.2, 0.25) is 0 Å². The first-order valence-electron chi connectivity index (χ1n) is 9.49. The Morgan fingerprint density at radius 3 is 2.52 bits per heavy atom. The monoisotopic (exact) mass is 395 g/mol. The van der Waals surface area contributed by atoms with Crippen molar-refractivity contribution in [1.29, 1.82) is 0 Å². The number of esters is 1. The van der Waals surface area contributed by atoms with Gasteiger partial charge in [0.15, 0.2) is 0 Å². The van der Waals surface area contributed by atoms with Crippen molar-refractivity contribution in [2.75, 3.05) is 20.3 Å². The highest BCUT2D eigenvalue weighted by Gasteiger charge is 2.33. The quantitative estimate of drug-likeness (QED) is 0.598. The van der Waals surface area contributed by atoms with Crippen molar-refractivity contribution < 1.29 is 19.1 Å². The number of hydrogen-bond donors (Lipinski definition) is 3. The van der Waals surface area contributed by atoms with Gasteiger partial charge in [0, 0.05) is 24.4 Å². The number of rotatable bonds is 8. The molecule has 7 heteroatoms. The number of ether oxygens (including phenoxy) is 2. The fourth-order valence-electron chi connectivity index (χ4n) is 3.27. The van der Waals surface area contributed by atoms with Crippen LogP contribution >= 0.6 is 0 Å². The summed E-state index contributed by atoms with van der Waals surface area (Å²) in [6.45, 7) is 2.82. The standard InChI is InChI=1S/C22H25N3O4/c1-3-29-21(26)19-17(14-23-13-16-11-7-8-12-18(16)28-2)24-22(27)25-20(19)15-9-5-4-6-10-15/h4-12,20,23H,3,13-14H2,1-2H3,(H2,24,25,27). The molecule has 152 valence electrons. The lowest BCUT2D eigenvalue weighted by Gasteiger charge is -2.29. The molecule has 0 saturated carbocycles. The number of hydrogen-bond acceptors (Lipinski definition) is 5. The summed E-state index contributed by atoms with van der Waals surface area (Å²) >= 11 is 0. The Morgan fingerprint density at radius 1 is 1.07 bits per heavy atom. The van der Waals surface area contributed by atoms with Crippen molar-refractivity contribution in [3.8, 4) is 5.75 Å². The van der Waals surface area contributed by atoms with Gasteiger partial charge in [-0.25, -0.2) is 9.59 Å². The number of methoxy groups -OCH3 is 1. The summed E-state index contributed by atoms with van der Waals surface area (Å²) in [7, 11) is 1.62. The summed E-state index contributed by atoms with van der Waals surface area (Å²) in [5, 5.41) is 8.85. The number of urea groups is 1. The number of nitrogens with one attached hydrogen (secondary N) is 3. The SMILES string of the molecule is CCOC(=O)C1=C(CNCc2ccccc2OC)NC(=O)NC1c1ccccc1. The van der Waals surface area contributed by atoms with Gasteiger partial charge in [-0.15, -0.1) is 0 Å². The van der Waals surface area contributed by atoms with Crippen LogP contribution in [0.25, 0.3) is 0 Å². The Bertz CT molecular complexity index is 896. The van der Waals surface area contributed by atoms with Crippen LogP contribution in [0.5, 0.6) is 5.75 Å². The number of carbonyl (C=O) groups excluding carboxylic acids is 2. The number of para-hydroxylation sites is 1. The minimum absolute atomic E-state index is 0.250. The predicted molar refractivity (Wildman–Crippen MR) is 109 cm³/mol. The first-order chi connectivity index (χ1) is 14.1. The molecule has 0 fully saturated rings. The van der Waals surface area contributed by atoms with Gasteiger partial charge in [0.1, 0.15) is 5.75 Å². The molecule has 1 aliphatic heterocycles. The highest BCUT2D eigenvalue weighted by molar-refractivity contribution is 5.95. The van der Waals surface area contributed by atoms with Crippen molar-refractivity contribution in [2.45, 2.75) is 19.5 Å². The molecule has 29 heavy (non-hydrogen) atoms. The van der Waals surface area contributed by atoms with Crippen LogP contribution in [0, 0.1) is 0 Å². The highest BCUT2D eigenvalue weighted by Crippen LogP contribution is 2.27. The van der Waals surface area contributed by atoms with Crippen LogP contribution in [-0.4, -0.2) is 32.3 Å². The summed E-state index contributed by atoms with van der Waals surface area (Å²) in [5.74, 6) is 0.319. The van der Waals surface area contributed by atoms with Crippen LogP contribution in [0.3, 0.4) is 0 Å². The lowest BCUT2D eigenvalue weighted by molar-refractivity contribution is -0.139. The van der Waals surface area contributed by atoms with E-state index in [9.17, 15) is 9.59 Å². The molecule has 2 aromatic carbocycles. The highest BCUT2D eigenvalue weighted by atomic mass is 16.5. The molecule has 1 unspecified atom stereocenters. The Balaban J connectivity index is 1.86. The smallest absolute Gasteiger partial charge is 0.338 e. The summed E-state index contributed by atoms with van der Waals surface area (Å²) in [4.78, 5) is 25.0. The Hall–Kier alpha value is -3.32. The topological polar surface area (TPSA) is 88.7 Å². The zero-order valence-electron chi connectivity index (χ0n) is 16.5. The van der Waals surface area contributed by atoms with E-state index < -0.39 is 12.0 Å². The average molecular weight is 395 g/mol. The Morgan fingerprint density at radius 2 is 1.79 bits per heavy atom. The van der Waals surface area contributed by atoms with Gasteiger partial charge in [-0.2, -0.15) is 0 Å². The largest absolute Gasteiger partial charge is 0.496 e. The van der Waals surface area contributed by atoms with Crippen LogP contribution in [0.2, 0.25) is 0 Å². The second-order valence-corrected chi connectivity index (χ2v) is 6.47. The molecule has 3 rings (SSSR count). The van der Waals surface area contributed by atoms with Crippen LogP contribution < -0.4 is 20.7 Å². The minimum Gasteiger partial charge on any atom is -0.496 e. The second-order valence-electron chi connectivity index (χ2n) is 6.47. The maximum absolute atomic E-state index is 12.7. The average Bonchev–Trinajstić information content (AvgIpc) is 2.74. The van der Waals surface area contributed by atoms with Gasteiger partial charge < -0.3 is 25.4 Å². The van der Waals surface area contributed by atoms with Crippen molar-refractivity contribution in [1.82, 2.24) is 16.0 Å². The maximum atomic E-state index is 12.7. The van der Waals surface area contributed by atoms with Crippen LogP contribution in [0.15, 0.2) is 65.9 Å². The van der Waals surface area contributed by atoms with Crippen molar-refractivity contribution in [3.05, 3.63) is 77.0 Å². The van der Waals surface area contributed by atoms with Gasteiger partial charge in [0.05, 0.1) is 25.3 Å². The Kier molecular flexibility index (Phi) is 6.86. The molecule has 0 saturated heterocycles. The van der Waals surface area contributed by atoms with Gasteiger partial charge in [-0.3, -0.25) is 0 Å². The van der Waals surface area contributed by atoms with Crippen LogP contribution in [0.1, 0.15) is 24.1 Å². The third kappa shape index (κ3) is 4.94. The van der Waals surface area contributed by atoms with Crippen molar-refractivity contribution in [3.63, 3.8) is 0 Å². The van der Waals surface area contributed by atoms with Crippen LogP contribution in [-0.2, 0) is 16.1 Å². The predicted octanol–water partition coefficient (Wildman–Crippen LogP) is 2.66. The molecule has 2 amide bonds. The van der Waals surface area contributed by atoms with Gasteiger partial charge in [-0.1, -0.05) is 48.5 Å². The van der Waals surface area contributed by atoms with E-state index in [0.717, 1.165) is 16.9 Å².